The smallest absolute Gasteiger partial charge is 0.411 e. The second-order valence-corrected chi connectivity index (χ2v) is 3.54. The quantitative estimate of drug-likeness (QED) is 0.853. The van der Waals surface area contributed by atoms with Gasteiger partial charge in [0.05, 0.1) is 12.7 Å². The highest BCUT2D eigenvalue weighted by Gasteiger charge is 2.05. The summed E-state index contributed by atoms with van der Waals surface area (Å²) in [4.78, 5) is 11.3. The summed E-state index contributed by atoms with van der Waals surface area (Å²) >= 11 is 0. The monoisotopic (exact) mass is 223 g/mol. The topological polar surface area (TPSA) is 47.6 Å². The summed E-state index contributed by atoms with van der Waals surface area (Å²) in [7, 11) is 0. The number of carbonyl (C=O) groups excluding carboxylic acids is 1. The molecule has 0 heterocycles. The average Bonchev–Trinajstić information content (AvgIpc) is 2.17. The van der Waals surface area contributed by atoms with Gasteiger partial charge >= 0.3 is 6.09 Å². The lowest BCUT2D eigenvalue weighted by Gasteiger charge is -2.10. The fraction of sp³-hybridized carbons (Fsp3) is 0.417. The molecule has 88 valence electrons. The van der Waals surface area contributed by atoms with Gasteiger partial charge in [-0.25, -0.2) is 4.79 Å². The maximum atomic E-state index is 11.3. The number of ether oxygens (including phenoxy) is 2. The molecule has 0 unspecified atom stereocenters. The Morgan fingerprint density at radius 1 is 1.44 bits per heavy atom. The van der Waals surface area contributed by atoms with Crippen molar-refractivity contribution in [1.29, 1.82) is 0 Å². The van der Waals surface area contributed by atoms with E-state index in [-0.39, 0.29) is 6.10 Å². The number of hydrogen-bond donors (Lipinski definition) is 1. The van der Waals surface area contributed by atoms with Crippen LogP contribution in [0.5, 0.6) is 5.75 Å². The van der Waals surface area contributed by atoms with Gasteiger partial charge in [-0.15, -0.1) is 0 Å². The maximum Gasteiger partial charge on any atom is 0.411 e. The van der Waals surface area contributed by atoms with Crippen LogP contribution in [0.2, 0.25) is 0 Å². The van der Waals surface area contributed by atoms with Gasteiger partial charge in [-0.2, -0.15) is 0 Å². The van der Waals surface area contributed by atoms with Crippen LogP contribution in [0.4, 0.5) is 10.5 Å². The van der Waals surface area contributed by atoms with Crippen LogP contribution >= 0.6 is 0 Å². The van der Waals surface area contributed by atoms with E-state index in [0.29, 0.717) is 12.3 Å². The number of rotatable bonds is 4. The van der Waals surface area contributed by atoms with Crippen molar-refractivity contribution in [3.8, 4) is 5.75 Å². The van der Waals surface area contributed by atoms with Gasteiger partial charge in [0.1, 0.15) is 5.75 Å². The number of hydrogen-bond acceptors (Lipinski definition) is 3. The first kappa shape index (κ1) is 12.4. The third-order valence-electron chi connectivity index (χ3n) is 1.73. The molecule has 0 aliphatic rings. The normalized spacial score (nSPS) is 10.0. The Labute approximate surface area is 95.6 Å². The van der Waals surface area contributed by atoms with E-state index < -0.39 is 6.09 Å². The highest BCUT2D eigenvalue weighted by Crippen LogP contribution is 2.17. The molecule has 0 bridgehead atoms. The lowest BCUT2D eigenvalue weighted by atomic mass is 10.3. The van der Waals surface area contributed by atoms with E-state index in [4.69, 9.17) is 9.47 Å². The molecule has 4 heteroatoms. The molecule has 1 aromatic carbocycles. The summed E-state index contributed by atoms with van der Waals surface area (Å²) in [5.74, 6) is 0.727. The molecule has 0 aromatic heterocycles. The molecule has 1 N–H and O–H groups in total. The van der Waals surface area contributed by atoms with E-state index in [9.17, 15) is 4.79 Å². The Morgan fingerprint density at radius 3 is 2.81 bits per heavy atom. The number of nitrogens with one attached hydrogen (secondary N) is 1. The zero-order valence-electron chi connectivity index (χ0n) is 9.82. The van der Waals surface area contributed by atoms with E-state index in [0.717, 1.165) is 5.75 Å². The predicted molar refractivity (Wildman–Crippen MR) is 62.9 cm³/mol. The van der Waals surface area contributed by atoms with Crippen molar-refractivity contribution in [1.82, 2.24) is 0 Å². The lowest BCUT2D eigenvalue weighted by Crippen LogP contribution is -2.17. The van der Waals surface area contributed by atoms with Crippen LogP contribution in [0.3, 0.4) is 0 Å². The number of benzene rings is 1. The van der Waals surface area contributed by atoms with Gasteiger partial charge in [0, 0.05) is 11.8 Å². The Bertz CT molecular complexity index is 350. The summed E-state index contributed by atoms with van der Waals surface area (Å²) in [5.41, 5.74) is 0.664. The van der Waals surface area contributed by atoms with Gasteiger partial charge in [-0.05, 0) is 32.9 Å². The highest BCUT2D eigenvalue weighted by atomic mass is 16.6. The summed E-state index contributed by atoms with van der Waals surface area (Å²) in [6.45, 7) is 6.11. The number of anilines is 1. The molecule has 0 aliphatic carbocycles. The lowest BCUT2D eigenvalue weighted by molar-refractivity contribution is 0.130. The largest absolute Gasteiger partial charge is 0.494 e. The Hall–Kier alpha value is -1.71. The molecule has 0 spiro atoms. The molecule has 16 heavy (non-hydrogen) atoms. The van der Waals surface area contributed by atoms with Crippen molar-refractivity contribution in [3.63, 3.8) is 0 Å². The maximum absolute atomic E-state index is 11.3. The molecule has 1 rings (SSSR count). The first-order valence-corrected chi connectivity index (χ1v) is 5.32. The van der Waals surface area contributed by atoms with Crippen molar-refractivity contribution in [2.75, 3.05) is 11.9 Å². The van der Waals surface area contributed by atoms with Gasteiger partial charge in [-0.3, -0.25) is 5.32 Å². The van der Waals surface area contributed by atoms with Gasteiger partial charge < -0.3 is 9.47 Å². The van der Waals surface area contributed by atoms with Crippen LogP contribution in [0, 0.1) is 0 Å². The molecule has 0 radical (unpaired) electrons. The molecular weight excluding hydrogens is 206 g/mol. The van der Waals surface area contributed by atoms with Crippen molar-refractivity contribution in [2.24, 2.45) is 0 Å². The second kappa shape index (κ2) is 6.00. The molecule has 0 atom stereocenters. The predicted octanol–water partition coefficient (Wildman–Crippen LogP) is 3.04. The third-order valence-corrected chi connectivity index (χ3v) is 1.73. The fourth-order valence-electron chi connectivity index (χ4n) is 1.19. The molecular formula is C12H17NO3. The Kier molecular flexibility index (Phi) is 4.64. The molecule has 1 aromatic rings. The zero-order chi connectivity index (χ0) is 12.0. The van der Waals surface area contributed by atoms with Crippen LogP contribution in [0.1, 0.15) is 20.8 Å². The highest BCUT2D eigenvalue weighted by molar-refractivity contribution is 5.84. The van der Waals surface area contributed by atoms with Crippen LogP contribution in [-0.4, -0.2) is 18.8 Å². The van der Waals surface area contributed by atoms with Crippen molar-refractivity contribution >= 4 is 11.8 Å². The Balaban J connectivity index is 2.59. The standard InChI is InChI=1S/C12H17NO3/c1-4-15-11-7-5-6-10(8-11)13-12(14)16-9(2)3/h5-9H,4H2,1-3H3,(H,13,14). The molecule has 1 amide bonds. The molecule has 4 nitrogen and oxygen atoms in total. The van der Waals surface area contributed by atoms with Crippen molar-refractivity contribution < 1.29 is 14.3 Å². The minimum atomic E-state index is -0.455. The van der Waals surface area contributed by atoms with Crippen LogP contribution < -0.4 is 10.1 Å². The summed E-state index contributed by atoms with van der Waals surface area (Å²) < 4.78 is 10.3. The fourth-order valence-corrected chi connectivity index (χ4v) is 1.19. The molecule has 0 saturated heterocycles. The van der Waals surface area contributed by atoms with Crippen molar-refractivity contribution in [2.45, 2.75) is 26.9 Å². The summed E-state index contributed by atoms with van der Waals surface area (Å²) in [6.07, 6.45) is -0.585. The van der Waals surface area contributed by atoms with Crippen molar-refractivity contribution in [3.05, 3.63) is 24.3 Å². The first-order chi connectivity index (χ1) is 7.61. The Morgan fingerprint density at radius 2 is 2.19 bits per heavy atom. The van der Waals surface area contributed by atoms with Crippen LogP contribution in [0.15, 0.2) is 24.3 Å². The van der Waals surface area contributed by atoms with Crippen LogP contribution in [0.25, 0.3) is 0 Å². The molecule has 0 aliphatic heterocycles. The van der Waals surface area contributed by atoms with E-state index in [1.807, 2.05) is 19.1 Å². The van der Waals surface area contributed by atoms with Gasteiger partial charge in [-0.1, -0.05) is 6.07 Å². The SMILES string of the molecule is CCOc1cccc(NC(=O)OC(C)C)c1. The zero-order valence-corrected chi connectivity index (χ0v) is 9.82. The first-order valence-electron chi connectivity index (χ1n) is 5.32. The summed E-state index contributed by atoms with van der Waals surface area (Å²) in [5, 5.41) is 2.63. The molecule has 0 fully saturated rings. The van der Waals surface area contributed by atoms with Gasteiger partial charge in [0.25, 0.3) is 0 Å². The van der Waals surface area contributed by atoms with E-state index >= 15 is 0 Å². The molecule has 0 saturated carbocycles. The van der Waals surface area contributed by atoms with Crippen LogP contribution in [-0.2, 0) is 4.74 Å². The number of carbonyl (C=O) groups is 1. The number of amides is 1. The van der Waals surface area contributed by atoms with Gasteiger partial charge in [0.15, 0.2) is 0 Å². The van der Waals surface area contributed by atoms with E-state index in [1.165, 1.54) is 0 Å². The average molecular weight is 223 g/mol. The minimum Gasteiger partial charge on any atom is -0.494 e. The van der Waals surface area contributed by atoms with Gasteiger partial charge in [0.2, 0.25) is 0 Å². The third kappa shape index (κ3) is 4.21. The second-order valence-electron chi connectivity index (χ2n) is 3.54. The minimum absolute atomic E-state index is 0.130. The van der Waals surface area contributed by atoms with E-state index in [2.05, 4.69) is 5.32 Å². The van der Waals surface area contributed by atoms with E-state index in [1.54, 1.807) is 26.0 Å². The summed E-state index contributed by atoms with van der Waals surface area (Å²) in [6, 6.07) is 7.19.